The van der Waals surface area contributed by atoms with Gasteiger partial charge in [0.05, 0.1) is 0 Å². The first kappa shape index (κ1) is 99.8. The van der Waals surface area contributed by atoms with Gasteiger partial charge in [-0.15, -0.1) is 0 Å². The molecule has 0 aromatic heterocycles. The molecule has 4 heteroatoms. The third-order valence-corrected chi connectivity index (χ3v) is 16.5. The highest BCUT2D eigenvalue weighted by Gasteiger charge is 2.34. The van der Waals surface area contributed by atoms with E-state index in [1.165, 1.54) is 44.9 Å². The number of hydrogen-bond donors (Lipinski definition) is 0. The van der Waals surface area contributed by atoms with Crippen LogP contribution in [-0.2, 0) is 0 Å². The molecule has 0 aliphatic carbocycles. The van der Waals surface area contributed by atoms with Gasteiger partial charge in [-0.3, -0.25) is 0 Å². The van der Waals surface area contributed by atoms with Crippen LogP contribution in [0.1, 0.15) is 388 Å². The summed E-state index contributed by atoms with van der Waals surface area (Å²) >= 11 is 0. The van der Waals surface area contributed by atoms with E-state index in [0.717, 1.165) is 18.3 Å². The maximum atomic E-state index is 13.6. The van der Waals surface area contributed by atoms with Crippen molar-refractivity contribution in [2.75, 3.05) is 0 Å². The Morgan fingerprint density at radius 2 is 0.590 bits per heavy atom. The normalized spacial score (nSPS) is 13.9. The molecule has 0 bridgehead atoms. The quantitative estimate of drug-likeness (QED) is 0.143. The molecule has 0 aromatic carbocycles. The molecule has 0 spiro atoms. The highest BCUT2D eigenvalue weighted by Crippen LogP contribution is 2.43. The van der Waals surface area contributed by atoms with Crippen LogP contribution in [0.2, 0.25) is 0 Å². The Balaban J connectivity index is -0.0000000829. The van der Waals surface area contributed by atoms with Gasteiger partial charge >= 0.3 is 0 Å². The molecule has 488 valence electrons. The minimum atomic E-state index is -1.04. The zero-order chi connectivity index (χ0) is 66.2. The molecule has 0 aliphatic heterocycles. The average molecular weight is 1130 g/mol. The molecular weight excluding hydrogens is 965 g/mol. The largest absolute Gasteiger partial charge is 0.244 e. The summed E-state index contributed by atoms with van der Waals surface area (Å²) in [4.78, 5) is 0. The molecular formula is C74H164F4. The lowest BCUT2D eigenvalue weighted by Gasteiger charge is -2.40. The van der Waals surface area contributed by atoms with E-state index in [-0.39, 0.29) is 11.8 Å². The first-order valence-electron chi connectivity index (χ1n) is 32.7. The van der Waals surface area contributed by atoms with Crippen LogP contribution >= 0.6 is 0 Å². The summed E-state index contributed by atoms with van der Waals surface area (Å²) in [5.41, 5.74) is -0.237. The Labute approximate surface area is 499 Å². The van der Waals surface area contributed by atoms with E-state index in [0.29, 0.717) is 81.8 Å². The van der Waals surface area contributed by atoms with Crippen molar-refractivity contribution in [1.82, 2.24) is 0 Å². The van der Waals surface area contributed by atoms with Crippen LogP contribution < -0.4 is 0 Å². The van der Waals surface area contributed by atoms with Gasteiger partial charge < -0.3 is 0 Å². The van der Waals surface area contributed by atoms with Crippen LogP contribution in [0.15, 0.2) is 0 Å². The van der Waals surface area contributed by atoms with E-state index >= 15 is 0 Å². The van der Waals surface area contributed by atoms with Crippen molar-refractivity contribution in [2.45, 2.75) is 411 Å². The van der Waals surface area contributed by atoms with Crippen LogP contribution in [0.4, 0.5) is 17.6 Å². The Morgan fingerprint density at radius 3 is 0.603 bits per heavy atom. The van der Waals surface area contributed by atoms with Gasteiger partial charge in [0, 0.05) is 0 Å². The van der Waals surface area contributed by atoms with E-state index in [1.54, 1.807) is 34.6 Å². The van der Waals surface area contributed by atoms with Crippen LogP contribution in [0, 0.1) is 73.4 Å². The van der Waals surface area contributed by atoms with Gasteiger partial charge in [-0.1, -0.05) is 315 Å². The molecule has 0 fully saturated rings. The van der Waals surface area contributed by atoms with Gasteiger partial charge in [0.1, 0.15) is 22.7 Å². The van der Waals surface area contributed by atoms with E-state index in [2.05, 4.69) is 222 Å². The summed E-state index contributed by atoms with van der Waals surface area (Å²) < 4.78 is 51.9. The first-order valence-corrected chi connectivity index (χ1v) is 32.7. The molecule has 0 saturated heterocycles. The van der Waals surface area contributed by atoms with Gasteiger partial charge in [-0.2, -0.15) is 0 Å². The Kier molecular flexibility index (Phi) is 60.1. The van der Waals surface area contributed by atoms with Gasteiger partial charge in [-0.05, 0) is 147 Å². The lowest BCUT2D eigenvalue weighted by molar-refractivity contribution is 0.0561. The van der Waals surface area contributed by atoms with Crippen LogP contribution in [0.5, 0.6) is 0 Å². The zero-order valence-electron chi connectivity index (χ0n) is 63.7. The highest BCUT2D eigenvalue weighted by atomic mass is 19.2. The molecule has 0 aromatic rings. The van der Waals surface area contributed by atoms with Gasteiger partial charge in [0.25, 0.3) is 0 Å². The monoisotopic (exact) mass is 1130 g/mol. The summed E-state index contributed by atoms with van der Waals surface area (Å²) in [6, 6.07) is 0. The summed E-state index contributed by atoms with van der Waals surface area (Å²) in [6.45, 7) is 93.5. The first-order chi connectivity index (χ1) is 34.0. The predicted molar refractivity (Wildman–Crippen MR) is 363 cm³/mol. The molecule has 0 radical (unpaired) electrons. The van der Waals surface area contributed by atoms with E-state index in [1.807, 2.05) is 48.5 Å². The summed E-state index contributed by atoms with van der Waals surface area (Å²) in [5, 5.41) is 0. The van der Waals surface area contributed by atoms with Gasteiger partial charge in [0.2, 0.25) is 0 Å². The molecule has 0 unspecified atom stereocenters. The molecule has 0 N–H and O–H groups in total. The van der Waals surface area contributed by atoms with Crippen LogP contribution in [0.3, 0.4) is 0 Å². The van der Waals surface area contributed by atoms with Crippen molar-refractivity contribution in [2.24, 2.45) is 73.4 Å². The van der Waals surface area contributed by atoms with Crippen molar-refractivity contribution >= 4 is 0 Å². The molecule has 0 heterocycles. The standard InChI is InChI=1S/C10H21F.C10H22.C9H20.2C7H15F.2C7H16.C6H13F.C6H14.C5H12/c1-7(2)9(8(3)4)10(5,6)11;1-7-10(6,8-2)9(3,4)5;1-6-8(7-2)9(3,4)5;1-5-7(4,8)6(2)3;1-4-6-7(3,8)5-2;1-6(2)7(3,4)5;1-5-6-7(2,3)4;1-4-6(3,7)5-2;1-5-6(2,3)4;1-5(2,3)4/h7-9H,1-6H3;7-8H2,1-6H3;8H,6-7H2,1-5H3;6H,5H2,1-4H3;4-6H2,1-3H3;6H,1-5H3;5-6H2,1-4H3;4-5H2,1-3H3;5H2,1-4H3;1-4H3/t;;;2*7-;;;;;/m...00...../s1. The number of hydrogen-bond acceptors (Lipinski definition) is 0. The number of rotatable bonds is 15. The van der Waals surface area contributed by atoms with E-state index < -0.39 is 22.7 Å². The van der Waals surface area contributed by atoms with Crippen LogP contribution in [-0.4, -0.2) is 22.7 Å². The summed E-state index contributed by atoms with van der Waals surface area (Å²) in [6.07, 6.45) is 13.3. The summed E-state index contributed by atoms with van der Waals surface area (Å²) in [7, 11) is 0. The Bertz CT molecular complexity index is 1180. The fourth-order valence-corrected chi connectivity index (χ4v) is 7.29. The minimum Gasteiger partial charge on any atom is -0.244 e. The molecule has 0 aliphatic rings. The number of alkyl halides is 4. The van der Waals surface area contributed by atoms with Crippen molar-refractivity contribution in [1.29, 1.82) is 0 Å². The topological polar surface area (TPSA) is 0 Å². The molecule has 0 amide bonds. The second-order valence-electron chi connectivity index (χ2n) is 33.1. The van der Waals surface area contributed by atoms with Gasteiger partial charge in [-0.25, -0.2) is 17.6 Å². The highest BCUT2D eigenvalue weighted by molar-refractivity contribution is 4.84. The maximum absolute atomic E-state index is 13.6. The van der Waals surface area contributed by atoms with Crippen molar-refractivity contribution in [3.05, 3.63) is 0 Å². The second kappa shape index (κ2) is 47.0. The summed E-state index contributed by atoms with van der Waals surface area (Å²) in [5.74, 6) is 2.87. The zero-order valence-corrected chi connectivity index (χ0v) is 63.7. The van der Waals surface area contributed by atoms with E-state index in [4.69, 9.17) is 0 Å². The lowest BCUT2D eigenvalue weighted by atomic mass is 9.65. The lowest BCUT2D eigenvalue weighted by Crippen LogP contribution is -2.34. The third kappa shape index (κ3) is 77.8. The molecule has 0 saturated carbocycles. The predicted octanol–water partition coefficient (Wildman–Crippen LogP) is 29.2. The average Bonchev–Trinajstić information content (AvgIpc) is 3.22. The van der Waals surface area contributed by atoms with Crippen molar-refractivity contribution < 1.29 is 17.6 Å². The third-order valence-electron chi connectivity index (χ3n) is 16.5. The SMILES string of the molecule is CC(C)(C)C.CC(C)C(C(C)C)C(C)(C)F.CC(C)C(C)(C)C.CCC(C)(C)C.CCC(C)(CC)C(C)(C)C.CCC(C)(F)CC.CCC(CC)C(C)(C)C.CCCC(C)(C)C.CCC[C@@](C)(F)CC.CC[C@](C)(F)C(C)C. The van der Waals surface area contributed by atoms with Crippen molar-refractivity contribution in [3.63, 3.8) is 0 Å². The Hall–Kier alpha value is -0.280. The molecule has 0 rings (SSSR count). The van der Waals surface area contributed by atoms with Gasteiger partial charge in [0.15, 0.2) is 0 Å². The van der Waals surface area contributed by atoms with E-state index in [9.17, 15) is 17.6 Å². The van der Waals surface area contributed by atoms with Crippen LogP contribution in [0.25, 0.3) is 0 Å². The second-order valence-corrected chi connectivity index (χ2v) is 33.1. The maximum Gasteiger partial charge on any atom is 0.110 e. The molecule has 0 nitrogen and oxygen atoms in total. The smallest absolute Gasteiger partial charge is 0.110 e. The Morgan fingerprint density at radius 1 is 0.321 bits per heavy atom. The molecule has 2 atom stereocenters. The molecule has 78 heavy (non-hydrogen) atoms. The number of halogens is 4. The minimum absolute atomic E-state index is 0.146. The fourth-order valence-electron chi connectivity index (χ4n) is 7.29. The van der Waals surface area contributed by atoms with Crippen molar-refractivity contribution in [3.8, 4) is 0 Å². The fraction of sp³-hybridized carbons (Fsp3) is 1.00.